The number of hydrogen-bond acceptors (Lipinski definition) is 5. The predicted octanol–water partition coefficient (Wildman–Crippen LogP) is 0.749. The lowest BCUT2D eigenvalue weighted by Gasteiger charge is -2.44. The molecule has 1 fully saturated rings. The molecule has 0 bridgehead atoms. The first-order valence-corrected chi connectivity index (χ1v) is 7.45. The molecule has 0 aromatic heterocycles. The van der Waals surface area contributed by atoms with Crippen LogP contribution in [-0.2, 0) is 6.54 Å². The molecule has 4 aliphatic rings. The molecule has 110 valence electrons. The zero-order valence-electron chi connectivity index (χ0n) is 11.5. The molecule has 5 heteroatoms. The summed E-state index contributed by atoms with van der Waals surface area (Å²) in [6.07, 6.45) is 1.28. The first kappa shape index (κ1) is 12.0. The van der Waals surface area contributed by atoms with Gasteiger partial charge in [-0.05, 0) is 29.7 Å². The summed E-state index contributed by atoms with van der Waals surface area (Å²) in [5.41, 5.74) is 3.54. The van der Waals surface area contributed by atoms with Gasteiger partial charge in [-0.3, -0.25) is 4.90 Å². The van der Waals surface area contributed by atoms with Crippen LogP contribution in [0.5, 0.6) is 11.5 Å². The van der Waals surface area contributed by atoms with Gasteiger partial charge in [-0.15, -0.1) is 0 Å². The summed E-state index contributed by atoms with van der Waals surface area (Å²) >= 11 is 0. The topological polar surface area (TPSA) is 62.2 Å². The molecule has 1 aromatic carbocycles. The summed E-state index contributed by atoms with van der Waals surface area (Å²) in [6.45, 7) is 2.11. The summed E-state index contributed by atoms with van der Waals surface area (Å²) in [5, 5.41) is 20.7. The Bertz CT molecular complexity index is 656. The molecule has 5 rings (SSSR count). The largest absolute Gasteiger partial charge is 0.454 e. The van der Waals surface area contributed by atoms with E-state index < -0.39 is 12.2 Å². The van der Waals surface area contributed by atoms with Crippen LogP contribution in [0.15, 0.2) is 23.8 Å². The summed E-state index contributed by atoms with van der Waals surface area (Å²) in [6, 6.07) is 4.25. The smallest absolute Gasteiger partial charge is 0.231 e. The van der Waals surface area contributed by atoms with Crippen molar-refractivity contribution in [2.45, 2.75) is 37.1 Å². The highest BCUT2D eigenvalue weighted by molar-refractivity contribution is 5.53. The van der Waals surface area contributed by atoms with Gasteiger partial charge >= 0.3 is 0 Å². The van der Waals surface area contributed by atoms with Crippen LogP contribution >= 0.6 is 0 Å². The van der Waals surface area contributed by atoms with E-state index >= 15 is 0 Å². The summed E-state index contributed by atoms with van der Waals surface area (Å²) < 4.78 is 10.9. The molecule has 1 saturated heterocycles. The van der Waals surface area contributed by atoms with Crippen LogP contribution < -0.4 is 9.47 Å². The van der Waals surface area contributed by atoms with Crippen LogP contribution in [-0.4, -0.2) is 46.7 Å². The Kier molecular flexibility index (Phi) is 2.29. The summed E-state index contributed by atoms with van der Waals surface area (Å²) in [4.78, 5) is 2.40. The van der Waals surface area contributed by atoms with Crippen molar-refractivity contribution in [3.8, 4) is 11.5 Å². The highest BCUT2D eigenvalue weighted by atomic mass is 16.7. The second-order valence-corrected chi connectivity index (χ2v) is 6.32. The zero-order chi connectivity index (χ0) is 14.1. The molecule has 4 atom stereocenters. The fraction of sp³-hybridized carbons (Fsp3) is 0.500. The third kappa shape index (κ3) is 1.51. The maximum Gasteiger partial charge on any atom is 0.231 e. The highest BCUT2D eigenvalue weighted by Gasteiger charge is 2.48. The minimum absolute atomic E-state index is 0.0826. The molecular weight excluding hydrogens is 270 g/mol. The van der Waals surface area contributed by atoms with Gasteiger partial charge in [-0.1, -0.05) is 11.6 Å². The van der Waals surface area contributed by atoms with E-state index in [2.05, 4.69) is 4.90 Å². The number of rotatable bonds is 0. The molecular formula is C16H17NO4. The lowest BCUT2D eigenvalue weighted by atomic mass is 9.73. The van der Waals surface area contributed by atoms with E-state index in [1.54, 1.807) is 0 Å². The van der Waals surface area contributed by atoms with E-state index in [0.29, 0.717) is 0 Å². The van der Waals surface area contributed by atoms with Crippen molar-refractivity contribution < 1.29 is 19.7 Å². The van der Waals surface area contributed by atoms with E-state index in [0.717, 1.165) is 36.6 Å². The first-order chi connectivity index (χ1) is 10.2. The summed E-state index contributed by atoms with van der Waals surface area (Å²) in [7, 11) is 0. The van der Waals surface area contributed by atoms with Crippen molar-refractivity contribution in [1.29, 1.82) is 0 Å². The average molecular weight is 287 g/mol. The van der Waals surface area contributed by atoms with Crippen molar-refractivity contribution in [2.24, 2.45) is 0 Å². The minimum Gasteiger partial charge on any atom is -0.454 e. The maximum absolute atomic E-state index is 10.5. The maximum atomic E-state index is 10.5. The molecule has 2 N–H and O–H groups in total. The van der Waals surface area contributed by atoms with Crippen molar-refractivity contribution >= 4 is 0 Å². The van der Waals surface area contributed by atoms with Gasteiger partial charge in [0.1, 0.15) is 0 Å². The molecule has 1 aliphatic carbocycles. The fourth-order valence-corrected chi connectivity index (χ4v) is 4.35. The van der Waals surface area contributed by atoms with Gasteiger partial charge in [-0.2, -0.15) is 0 Å². The van der Waals surface area contributed by atoms with Gasteiger partial charge in [-0.25, -0.2) is 0 Å². The molecule has 3 heterocycles. The molecule has 5 nitrogen and oxygen atoms in total. The van der Waals surface area contributed by atoms with E-state index in [4.69, 9.17) is 9.47 Å². The Morgan fingerprint density at radius 1 is 1.14 bits per heavy atom. The summed E-state index contributed by atoms with van der Waals surface area (Å²) in [5.74, 6) is 1.45. The standard InChI is InChI=1S/C16H17NO4/c18-11-3-8-1-2-17-6-9-4-12-13(21-7-20-12)5-10(9)14(15(8)17)16(11)19/h3-5,11,14-16,18-19H,1-2,6-7H2/t11-,14+,15-,16+/m1/s1. The quantitative estimate of drug-likeness (QED) is 0.690. The van der Waals surface area contributed by atoms with Crippen LogP contribution in [0.25, 0.3) is 0 Å². The monoisotopic (exact) mass is 287 g/mol. The van der Waals surface area contributed by atoms with E-state index in [1.165, 1.54) is 11.1 Å². The normalized spacial score (nSPS) is 36.2. The van der Waals surface area contributed by atoms with Crippen LogP contribution in [0.1, 0.15) is 23.5 Å². The third-order valence-electron chi connectivity index (χ3n) is 5.27. The molecule has 0 unspecified atom stereocenters. The SMILES string of the molecule is O[C@@H]1[C@H]2c3cc4c(cc3CN3CCC(=C[C@H]1O)[C@H]23)OCO4. The van der Waals surface area contributed by atoms with Gasteiger partial charge in [0, 0.05) is 25.0 Å². The first-order valence-electron chi connectivity index (χ1n) is 7.45. The Hall–Kier alpha value is -1.56. The second kappa shape index (κ2) is 4.00. The van der Waals surface area contributed by atoms with Gasteiger partial charge in [0.25, 0.3) is 0 Å². The van der Waals surface area contributed by atoms with Crippen LogP contribution in [0.2, 0.25) is 0 Å². The number of nitrogens with zero attached hydrogens (tertiary/aromatic N) is 1. The van der Waals surface area contributed by atoms with Gasteiger partial charge in [0.05, 0.1) is 12.2 Å². The Balaban J connectivity index is 1.70. The highest BCUT2D eigenvalue weighted by Crippen LogP contribution is 2.49. The molecule has 0 saturated carbocycles. The van der Waals surface area contributed by atoms with Crippen LogP contribution in [0.3, 0.4) is 0 Å². The minimum atomic E-state index is -0.780. The molecule has 1 aromatic rings. The third-order valence-corrected chi connectivity index (χ3v) is 5.27. The van der Waals surface area contributed by atoms with E-state index in [9.17, 15) is 10.2 Å². The number of ether oxygens (including phenoxy) is 2. The average Bonchev–Trinajstić information content (AvgIpc) is 3.08. The van der Waals surface area contributed by atoms with Crippen molar-refractivity contribution in [1.82, 2.24) is 4.90 Å². The fourth-order valence-electron chi connectivity index (χ4n) is 4.35. The number of aliphatic hydroxyl groups is 2. The second-order valence-electron chi connectivity index (χ2n) is 6.32. The molecule has 0 spiro atoms. The number of fused-ring (bicyclic) bond motifs is 3. The molecule has 0 amide bonds. The van der Waals surface area contributed by atoms with E-state index in [-0.39, 0.29) is 18.8 Å². The molecule has 0 radical (unpaired) electrons. The zero-order valence-corrected chi connectivity index (χ0v) is 11.5. The Labute approximate surface area is 122 Å². The van der Waals surface area contributed by atoms with Crippen molar-refractivity contribution in [3.63, 3.8) is 0 Å². The molecule has 21 heavy (non-hydrogen) atoms. The van der Waals surface area contributed by atoms with Crippen molar-refractivity contribution in [2.75, 3.05) is 13.3 Å². The Morgan fingerprint density at radius 2 is 1.95 bits per heavy atom. The lowest BCUT2D eigenvalue weighted by molar-refractivity contribution is -0.00157. The lowest BCUT2D eigenvalue weighted by Crippen LogP contribution is -2.49. The van der Waals surface area contributed by atoms with Crippen molar-refractivity contribution in [3.05, 3.63) is 34.9 Å². The van der Waals surface area contributed by atoms with Gasteiger partial charge in [0.2, 0.25) is 6.79 Å². The number of benzene rings is 1. The van der Waals surface area contributed by atoms with Gasteiger partial charge < -0.3 is 19.7 Å². The van der Waals surface area contributed by atoms with E-state index in [1.807, 2.05) is 18.2 Å². The molecule has 3 aliphatic heterocycles. The number of aliphatic hydroxyl groups excluding tert-OH is 2. The van der Waals surface area contributed by atoms with Crippen LogP contribution in [0, 0.1) is 0 Å². The van der Waals surface area contributed by atoms with Crippen LogP contribution in [0.4, 0.5) is 0 Å². The van der Waals surface area contributed by atoms with Gasteiger partial charge in [0.15, 0.2) is 11.5 Å². The Morgan fingerprint density at radius 3 is 2.81 bits per heavy atom. The predicted molar refractivity (Wildman–Crippen MR) is 74.2 cm³/mol. The number of hydrogen-bond donors (Lipinski definition) is 2.